The Kier molecular flexibility index (Phi) is 2.53. The number of rotatable bonds is 2. The number of halogens is 1. The second-order valence-corrected chi connectivity index (χ2v) is 3.40. The van der Waals surface area contributed by atoms with Crippen LogP contribution in [0.15, 0.2) is 12.1 Å². The van der Waals surface area contributed by atoms with E-state index in [9.17, 15) is 9.18 Å². The summed E-state index contributed by atoms with van der Waals surface area (Å²) in [5.74, 6) is -0.229. The van der Waals surface area contributed by atoms with Crippen LogP contribution >= 0.6 is 0 Å². The lowest BCUT2D eigenvalue weighted by atomic mass is 10.3. The van der Waals surface area contributed by atoms with Gasteiger partial charge in [0.1, 0.15) is 5.82 Å². The molecule has 1 aromatic rings. The highest BCUT2D eigenvalue weighted by molar-refractivity contribution is 5.83. The molecule has 0 aromatic carbocycles. The molecule has 0 radical (unpaired) electrons. The van der Waals surface area contributed by atoms with E-state index in [1.165, 1.54) is 12.1 Å². The fraction of sp³-hybridized carbons (Fsp3) is 0.400. The van der Waals surface area contributed by atoms with Crippen LogP contribution in [0.5, 0.6) is 5.88 Å². The molecule has 1 unspecified atom stereocenters. The van der Waals surface area contributed by atoms with Crippen molar-refractivity contribution in [2.24, 2.45) is 0 Å². The van der Waals surface area contributed by atoms with Gasteiger partial charge in [0.05, 0.1) is 5.69 Å². The molecular weight excluding hydrogens is 199 g/mol. The SMILES string of the molecule is Cc1nc(OC2CCNC2=O)ccc1F. The van der Waals surface area contributed by atoms with Crippen molar-refractivity contribution < 1.29 is 13.9 Å². The summed E-state index contributed by atoms with van der Waals surface area (Å²) < 4.78 is 18.2. The summed E-state index contributed by atoms with van der Waals surface area (Å²) in [6, 6.07) is 2.71. The maximum atomic E-state index is 12.9. The Morgan fingerprint density at radius 2 is 2.40 bits per heavy atom. The van der Waals surface area contributed by atoms with Crippen LogP contribution in [0.4, 0.5) is 4.39 Å². The number of ether oxygens (including phenoxy) is 1. The van der Waals surface area contributed by atoms with E-state index in [0.717, 1.165) is 0 Å². The number of carbonyl (C=O) groups is 1. The molecule has 4 nitrogen and oxygen atoms in total. The molecule has 15 heavy (non-hydrogen) atoms. The highest BCUT2D eigenvalue weighted by Crippen LogP contribution is 2.15. The number of nitrogens with zero attached hydrogens (tertiary/aromatic N) is 1. The number of hydrogen-bond acceptors (Lipinski definition) is 3. The van der Waals surface area contributed by atoms with E-state index in [-0.39, 0.29) is 23.3 Å². The maximum Gasteiger partial charge on any atom is 0.261 e. The first kappa shape index (κ1) is 9.89. The zero-order valence-corrected chi connectivity index (χ0v) is 8.29. The molecule has 0 aliphatic carbocycles. The molecule has 0 bridgehead atoms. The second-order valence-electron chi connectivity index (χ2n) is 3.40. The Bertz CT molecular complexity index is 395. The third-order valence-electron chi connectivity index (χ3n) is 2.26. The summed E-state index contributed by atoms with van der Waals surface area (Å²) in [6.07, 6.45) is 0.124. The molecule has 2 heterocycles. The fourth-order valence-corrected chi connectivity index (χ4v) is 1.42. The van der Waals surface area contributed by atoms with Gasteiger partial charge in [0, 0.05) is 19.0 Å². The fourth-order valence-electron chi connectivity index (χ4n) is 1.42. The molecule has 1 amide bonds. The molecule has 1 N–H and O–H groups in total. The van der Waals surface area contributed by atoms with Crippen LogP contribution < -0.4 is 10.1 Å². The minimum Gasteiger partial charge on any atom is -0.464 e. The molecule has 5 heteroatoms. The van der Waals surface area contributed by atoms with Crippen LogP contribution in [0, 0.1) is 12.7 Å². The van der Waals surface area contributed by atoms with Crippen LogP contribution in [-0.2, 0) is 4.79 Å². The van der Waals surface area contributed by atoms with Crippen LogP contribution in [-0.4, -0.2) is 23.5 Å². The molecule has 0 saturated carbocycles. The largest absolute Gasteiger partial charge is 0.464 e. The van der Waals surface area contributed by atoms with E-state index in [4.69, 9.17) is 4.74 Å². The Balaban J connectivity index is 2.10. The zero-order valence-electron chi connectivity index (χ0n) is 8.29. The highest BCUT2D eigenvalue weighted by Gasteiger charge is 2.26. The van der Waals surface area contributed by atoms with Gasteiger partial charge < -0.3 is 10.1 Å². The molecule has 1 aromatic heterocycles. The quantitative estimate of drug-likeness (QED) is 0.785. The number of carbonyl (C=O) groups excluding carboxylic acids is 1. The Labute approximate surface area is 86.5 Å². The van der Waals surface area contributed by atoms with Crippen molar-refractivity contribution in [2.75, 3.05) is 6.54 Å². The van der Waals surface area contributed by atoms with Gasteiger partial charge in [-0.2, -0.15) is 0 Å². The summed E-state index contributed by atoms with van der Waals surface area (Å²) in [7, 11) is 0. The lowest BCUT2D eigenvalue weighted by Crippen LogP contribution is -2.28. The van der Waals surface area contributed by atoms with E-state index in [1.54, 1.807) is 6.92 Å². The van der Waals surface area contributed by atoms with E-state index >= 15 is 0 Å². The topological polar surface area (TPSA) is 51.2 Å². The summed E-state index contributed by atoms with van der Waals surface area (Å²) in [4.78, 5) is 15.1. The minimum atomic E-state index is -0.498. The molecule has 80 valence electrons. The molecule has 1 saturated heterocycles. The number of amides is 1. The Morgan fingerprint density at radius 3 is 3.00 bits per heavy atom. The lowest BCUT2D eigenvalue weighted by Gasteiger charge is -2.10. The van der Waals surface area contributed by atoms with Crippen LogP contribution in [0.25, 0.3) is 0 Å². The van der Waals surface area contributed by atoms with Crippen molar-refractivity contribution in [3.8, 4) is 5.88 Å². The summed E-state index contributed by atoms with van der Waals surface area (Å²) in [6.45, 7) is 2.17. The number of pyridine rings is 1. The number of nitrogens with one attached hydrogen (secondary N) is 1. The van der Waals surface area contributed by atoms with Gasteiger partial charge in [-0.25, -0.2) is 9.37 Å². The third-order valence-corrected chi connectivity index (χ3v) is 2.26. The van der Waals surface area contributed by atoms with Gasteiger partial charge in [-0.05, 0) is 13.0 Å². The van der Waals surface area contributed by atoms with Crippen molar-refractivity contribution >= 4 is 5.91 Å². The van der Waals surface area contributed by atoms with E-state index < -0.39 is 6.10 Å². The molecular formula is C10H11FN2O2. The van der Waals surface area contributed by atoms with E-state index in [0.29, 0.717) is 13.0 Å². The molecule has 1 aliphatic heterocycles. The first-order valence-corrected chi connectivity index (χ1v) is 4.74. The average Bonchev–Trinajstić information content (AvgIpc) is 2.59. The second kappa shape index (κ2) is 3.84. The Hall–Kier alpha value is -1.65. The van der Waals surface area contributed by atoms with Gasteiger partial charge in [-0.3, -0.25) is 4.79 Å². The van der Waals surface area contributed by atoms with Crippen LogP contribution in [0.2, 0.25) is 0 Å². The summed E-state index contributed by atoms with van der Waals surface area (Å²) in [5, 5.41) is 2.65. The zero-order chi connectivity index (χ0) is 10.8. The smallest absolute Gasteiger partial charge is 0.261 e. The predicted molar refractivity (Wildman–Crippen MR) is 51.0 cm³/mol. The van der Waals surface area contributed by atoms with Crippen molar-refractivity contribution in [3.63, 3.8) is 0 Å². The first-order chi connectivity index (χ1) is 7.16. The molecule has 1 aliphatic rings. The first-order valence-electron chi connectivity index (χ1n) is 4.74. The average molecular weight is 210 g/mol. The highest BCUT2D eigenvalue weighted by atomic mass is 19.1. The third kappa shape index (κ3) is 2.06. The van der Waals surface area contributed by atoms with Gasteiger partial charge in [0.25, 0.3) is 5.91 Å². The van der Waals surface area contributed by atoms with Crippen molar-refractivity contribution in [1.29, 1.82) is 0 Å². The van der Waals surface area contributed by atoms with E-state index in [2.05, 4.69) is 10.3 Å². The van der Waals surface area contributed by atoms with Gasteiger partial charge >= 0.3 is 0 Å². The lowest BCUT2D eigenvalue weighted by molar-refractivity contribution is -0.125. The molecule has 1 atom stereocenters. The summed E-state index contributed by atoms with van der Waals surface area (Å²) >= 11 is 0. The number of aromatic nitrogens is 1. The van der Waals surface area contributed by atoms with Gasteiger partial charge in [0.15, 0.2) is 6.10 Å². The van der Waals surface area contributed by atoms with Gasteiger partial charge in [-0.15, -0.1) is 0 Å². The predicted octanol–water partition coefficient (Wildman–Crippen LogP) is 0.796. The Morgan fingerprint density at radius 1 is 1.60 bits per heavy atom. The number of hydrogen-bond donors (Lipinski definition) is 1. The normalized spacial score (nSPS) is 20.1. The van der Waals surface area contributed by atoms with Crippen molar-refractivity contribution in [3.05, 3.63) is 23.6 Å². The van der Waals surface area contributed by atoms with Crippen LogP contribution in [0.1, 0.15) is 12.1 Å². The molecule has 2 rings (SSSR count). The standard InChI is InChI=1S/C10H11FN2O2/c1-6-7(11)2-3-9(13-6)15-8-4-5-12-10(8)14/h2-3,8H,4-5H2,1H3,(H,12,14). The molecule has 1 fully saturated rings. The van der Waals surface area contributed by atoms with Gasteiger partial charge in [0.2, 0.25) is 5.88 Å². The monoisotopic (exact) mass is 210 g/mol. The number of aryl methyl sites for hydroxylation is 1. The van der Waals surface area contributed by atoms with Crippen LogP contribution in [0.3, 0.4) is 0 Å². The maximum absolute atomic E-state index is 12.9. The summed E-state index contributed by atoms with van der Waals surface area (Å²) in [5.41, 5.74) is 0.269. The van der Waals surface area contributed by atoms with Crippen molar-refractivity contribution in [2.45, 2.75) is 19.4 Å². The molecule has 0 spiro atoms. The minimum absolute atomic E-state index is 0.140. The van der Waals surface area contributed by atoms with E-state index in [1.807, 2.05) is 0 Å². The van der Waals surface area contributed by atoms with Gasteiger partial charge in [-0.1, -0.05) is 0 Å². The van der Waals surface area contributed by atoms with Crippen molar-refractivity contribution in [1.82, 2.24) is 10.3 Å².